The Labute approximate surface area is 187 Å². The molecule has 7 nitrogen and oxygen atoms in total. The Kier molecular flexibility index (Phi) is 9.75. The van der Waals surface area contributed by atoms with Crippen molar-refractivity contribution in [3.63, 3.8) is 0 Å². The number of aliphatic hydroxyl groups excluding tert-OH is 1. The number of aliphatic hydroxyl groups is 1. The Morgan fingerprint density at radius 1 is 1.13 bits per heavy atom. The first kappa shape index (κ1) is 24.3. The van der Waals surface area contributed by atoms with Crippen LogP contribution in [0.25, 0.3) is 0 Å². The smallest absolute Gasteiger partial charge is 0.264 e. The molecule has 3 rings (SSSR count). The van der Waals surface area contributed by atoms with Crippen LogP contribution in [0.4, 0.5) is 5.69 Å². The number of amides is 1. The highest BCUT2D eigenvalue weighted by atomic mass is 35.5. The second kappa shape index (κ2) is 12.0. The third-order valence-electron chi connectivity index (χ3n) is 4.82. The first-order valence-electron chi connectivity index (χ1n) is 10.2. The van der Waals surface area contributed by atoms with Crippen LogP contribution in [-0.2, 0) is 0 Å². The van der Waals surface area contributed by atoms with E-state index < -0.39 is 5.91 Å². The number of halogens is 2. The fourth-order valence-electron chi connectivity index (χ4n) is 3.22. The summed E-state index contributed by atoms with van der Waals surface area (Å²) in [5.74, 6) is 0.744. The molecule has 0 saturated heterocycles. The summed E-state index contributed by atoms with van der Waals surface area (Å²) >= 11 is 12.0. The third kappa shape index (κ3) is 6.27. The molecule has 0 bridgehead atoms. The van der Waals surface area contributed by atoms with E-state index in [1.165, 1.54) is 17.4 Å². The molecule has 0 radical (unpaired) electrons. The molecule has 1 amide bonds. The van der Waals surface area contributed by atoms with Crippen LogP contribution >= 0.6 is 23.2 Å². The van der Waals surface area contributed by atoms with E-state index in [-0.39, 0.29) is 35.1 Å². The number of carbonyl (C=O) groups excluding carboxylic acids is 1. The van der Waals surface area contributed by atoms with E-state index in [0.717, 1.165) is 31.6 Å². The summed E-state index contributed by atoms with van der Waals surface area (Å²) in [5.41, 5.74) is 0.468. The average molecular weight is 455 g/mol. The van der Waals surface area contributed by atoms with E-state index in [2.05, 4.69) is 21.9 Å². The summed E-state index contributed by atoms with van der Waals surface area (Å²) in [5, 5.41) is 9.29. The fraction of sp³-hybridized carbons (Fsp3) is 0.524. The molecular formula is C21H28Cl2N4O3. The van der Waals surface area contributed by atoms with Crippen LogP contribution in [0.3, 0.4) is 0 Å². The Morgan fingerprint density at radius 2 is 1.77 bits per heavy atom. The third-order valence-corrected chi connectivity index (χ3v) is 5.39. The summed E-state index contributed by atoms with van der Waals surface area (Å²) in [6, 6.07) is 3.43. The average Bonchev–Trinajstić information content (AvgIpc) is 2.75. The number of nitrogens with zero attached hydrogens (tertiary/aromatic N) is 4. The van der Waals surface area contributed by atoms with Gasteiger partial charge in [-0.15, -0.1) is 0 Å². The molecule has 9 heteroatoms. The zero-order chi connectivity index (χ0) is 22.1. The van der Waals surface area contributed by atoms with Crippen LogP contribution in [0.1, 0.15) is 56.8 Å². The van der Waals surface area contributed by atoms with Crippen LogP contribution in [-0.4, -0.2) is 45.2 Å². The highest BCUT2D eigenvalue weighted by molar-refractivity contribution is 6.39. The maximum Gasteiger partial charge on any atom is 0.264 e. The molecule has 2 aromatic heterocycles. The predicted octanol–water partition coefficient (Wildman–Crippen LogP) is 4.80. The molecule has 1 N–H and O–H groups in total. The van der Waals surface area contributed by atoms with Gasteiger partial charge in [0.05, 0.1) is 18.5 Å². The van der Waals surface area contributed by atoms with E-state index in [1.807, 2.05) is 13.8 Å². The summed E-state index contributed by atoms with van der Waals surface area (Å²) in [6.45, 7) is 6.06. The summed E-state index contributed by atoms with van der Waals surface area (Å²) < 4.78 is 5.96. The van der Waals surface area contributed by atoms with Gasteiger partial charge in [0.1, 0.15) is 28.3 Å². The standard InChI is InChI=1S/C19H22Cl2N4O3.C2H6/c1-12-2-5-14(6-3-12)28-15-7-4-13(10-22-15)25(8-9-26)19(27)16-17(20)23-11-24-18(16)21;1-2/h4,7,10-12,14,26H,2-3,5-6,8-9H2,1H3;1-2H3. The summed E-state index contributed by atoms with van der Waals surface area (Å²) in [7, 11) is 0. The molecule has 0 aliphatic heterocycles. The van der Waals surface area contributed by atoms with Gasteiger partial charge in [-0.25, -0.2) is 15.0 Å². The van der Waals surface area contributed by atoms with E-state index >= 15 is 0 Å². The molecule has 1 aliphatic carbocycles. The van der Waals surface area contributed by atoms with Crippen molar-refractivity contribution in [2.24, 2.45) is 5.92 Å². The highest BCUT2D eigenvalue weighted by Gasteiger charge is 2.25. The molecule has 0 spiro atoms. The second-order valence-electron chi connectivity index (χ2n) is 6.87. The summed E-state index contributed by atoms with van der Waals surface area (Å²) in [4.78, 5) is 26.2. The second-order valence-corrected chi connectivity index (χ2v) is 7.58. The van der Waals surface area contributed by atoms with E-state index in [4.69, 9.17) is 27.9 Å². The van der Waals surface area contributed by atoms with Crippen molar-refractivity contribution in [3.8, 4) is 5.88 Å². The van der Waals surface area contributed by atoms with Crippen molar-refractivity contribution in [2.45, 2.75) is 52.6 Å². The Bertz CT molecular complexity index is 792. The molecule has 1 fully saturated rings. The molecular weight excluding hydrogens is 427 g/mol. The van der Waals surface area contributed by atoms with Crippen LogP contribution in [0.5, 0.6) is 5.88 Å². The number of anilines is 1. The van der Waals surface area contributed by atoms with Crippen LogP contribution < -0.4 is 9.64 Å². The number of aromatic nitrogens is 3. The largest absolute Gasteiger partial charge is 0.474 e. The quantitative estimate of drug-likeness (QED) is 0.630. The first-order chi connectivity index (χ1) is 14.5. The SMILES string of the molecule is CC.CC1CCC(Oc2ccc(N(CCO)C(=O)c3c(Cl)ncnc3Cl)cn2)CC1. The number of ether oxygens (including phenoxy) is 1. The van der Waals surface area contributed by atoms with Gasteiger partial charge in [0, 0.05) is 12.6 Å². The van der Waals surface area contributed by atoms with E-state index in [9.17, 15) is 9.90 Å². The molecule has 2 heterocycles. The lowest BCUT2D eigenvalue weighted by Gasteiger charge is -2.26. The fourth-order valence-corrected chi connectivity index (χ4v) is 3.70. The molecule has 1 saturated carbocycles. The predicted molar refractivity (Wildman–Crippen MR) is 118 cm³/mol. The van der Waals surface area contributed by atoms with Crippen LogP contribution in [0.15, 0.2) is 24.7 Å². The van der Waals surface area contributed by atoms with E-state index in [1.54, 1.807) is 12.1 Å². The first-order valence-corrected chi connectivity index (χ1v) is 11.0. The van der Waals surface area contributed by atoms with Gasteiger partial charge in [0.25, 0.3) is 5.91 Å². The molecule has 0 unspecified atom stereocenters. The minimum Gasteiger partial charge on any atom is -0.474 e. The molecule has 2 aromatic rings. The minimum atomic E-state index is -0.513. The van der Waals surface area contributed by atoms with Crippen molar-refractivity contribution >= 4 is 34.8 Å². The summed E-state index contributed by atoms with van der Waals surface area (Å²) in [6.07, 6.45) is 7.22. The lowest BCUT2D eigenvalue weighted by molar-refractivity contribution is 0.0980. The van der Waals surface area contributed by atoms with Crippen LogP contribution in [0, 0.1) is 5.92 Å². The van der Waals surface area contributed by atoms with Gasteiger partial charge >= 0.3 is 0 Å². The molecule has 0 atom stereocenters. The Hall–Kier alpha value is -1.96. The maximum absolute atomic E-state index is 12.9. The number of hydrogen-bond donors (Lipinski definition) is 1. The lowest BCUT2D eigenvalue weighted by Crippen LogP contribution is -2.34. The zero-order valence-corrected chi connectivity index (χ0v) is 19.0. The number of rotatable bonds is 6. The van der Waals surface area contributed by atoms with Gasteiger partial charge in [-0.2, -0.15) is 0 Å². The highest BCUT2D eigenvalue weighted by Crippen LogP contribution is 2.28. The Balaban J connectivity index is 0.00000155. The van der Waals surface area contributed by atoms with Crippen molar-refractivity contribution in [1.29, 1.82) is 0 Å². The number of pyridine rings is 1. The topological polar surface area (TPSA) is 88.4 Å². The van der Waals surface area contributed by atoms with Crippen molar-refractivity contribution < 1.29 is 14.6 Å². The zero-order valence-electron chi connectivity index (χ0n) is 17.5. The minimum absolute atomic E-state index is 0.0177. The van der Waals surface area contributed by atoms with Crippen molar-refractivity contribution in [3.05, 3.63) is 40.5 Å². The van der Waals surface area contributed by atoms with Crippen molar-refractivity contribution in [1.82, 2.24) is 15.0 Å². The molecule has 30 heavy (non-hydrogen) atoms. The number of hydrogen-bond acceptors (Lipinski definition) is 6. The number of carbonyl (C=O) groups is 1. The van der Waals surface area contributed by atoms with Gasteiger partial charge in [-0.1, -0.05) is 44.0 Å². The molecule has 0 aromatic carbocycles. The Morgan fingerprint density at radius 3 is 2.30 bits per heavy atom. The van der Waals surface area contributed by atoms with Gasteiger partial charge in [-0.3, -0.25) is 4.79 Å². The normalized spacial score (nSPS) is 18.2. The van der Waals surface area contributed by atoms with Crippen molar-refractivity contribution in [2.75, 3.05) is 18.1 Å². The van der Waals surface area contributed by atoms with Crippen LogP contribution in [0.2, 0.25) is 10.3 Å². The monoisotopic (exact) mass is 454 g/mol. The maximum atomic E-state index is 12.9. The molecule has 164 valence electrons. The van der Waals surface area contributed by atoms with Gasteiger partial charge < -0.3 is 14.7 Å². The van der Waals surface area contributed by atoms with Gasteiger partial charge in [0.15, 0.2) is 0 Å². The van der Waals surface area contributed by atoms with Gasteiger partial charge in [0.2, 0.25) is 5.88 Å². The lowest BCUT2D eigenvalue weighted by atomic mass is 9.89. The van der Waals surface area contributed by atoms with Gasteiger partial charge in [-0.05, 0) is 37.7 Å². The molecule has 1 aliphatic rings. The van der Waals surface area contributed by atoms with E-state index in [0.29, 0.717) is 11.6 Å².